The second kappa shape index (κ2) is 8.84. The molecule has 35 heavy (non-hydrogen) atoms. The van der Waals surface area contributed by atoms with Crippen LogP contribution in [0.15, 0.2) is 48.0 Å². The van der Waals surface area contributed by atoms with E-state index in [2.05, 4.69) is 57.0 Å². The van der Waals surface area contributed by atoms with Crippen LogP contribution in [0.3, 0.4) is 0 Å². The molecule has 6 heteroatoms. The molecule has 2 aliphatic heterocycles. The van der Waals surface area contributed by atoms with Crippen LogP contribution in [-0.4, -0.2) is 29.4 Å². The van der Waals surface area contributed by atoms with E-state index < -0.39 is 17.8 Å². The number of carbonyl (C=O) groups is 3. The molecule has 0 unspecified atom stereocenters. The zero-order valence-electron chi connectivity index (χ0n) is 21.5. The molecule has 2 aromatic carbocycles. The summed E-state index contributed by atoms with van der Waals surface area (Å²) in [4.78, 5) is 42.0. The summed E-state index contributed by atoms with van der Waals surface area (Å²) in [6.07, 6.45) is 4.70. The first-order valence-electron chi connectivity index (χ1n) is 12.1. The zero-order valence-corrected chi connectivity index (χ0v) is 21.5. The van der Waals surface area contributed by atoms with Crippen molar-refractivity contribution in [2.45, 2.75) is 66.5 Å². The van der Waals surface area contributed by atoms with Gasteiger partial charge in [-0.25, -0.2) is 9.69 Å². The van der Waals surface area contributed by atoms with E-state index in [-0.39, 0.29) is 11.1 Å². The van der Waals surface area contributed by atoms with E-state index in [0.29, 0.717) is 11.7 Å². The normalized spacial score (nSPS) is 18.7. The van der Waals surface area contributed by atoms with E-state index >= 15 is 0 Å². The first kappa shape index (κ1) is 24.5. The molecule has 2 aromatic rings. The highest BCUT2D eigenvalue weighted by Gasteiger charge is 2.37. The topological polar surface area (TPSA) is 69.7 Å². The number of barbiturate groups is 1. The molecule has 1 saturated heterocycles. The summed E-state index contributed by atoms with van der Waals surface area (Å²) in [6, 6.07) is 10.9. The number of anilines is 2. The number of carbonyl (C=O) groups excluding carboxylic acids is 3. The summed E-state index contributed by atoms with van der Waals surface area (Å²) in [6.45, 7) is 14.9. The van der Waals surface area contributed by atoms with Crippen LogP contribution in [-0.2, 0) is 16.0 Å². The number of rotatable bonds is 4. The molecule has 182 valence electrons. The zero-order chi connectivity index (χ0) is 25.7. The summed E-state index contributed by atoms with van der Waals surface area (Å²) < 4.78 is 0. The van der Waals surface area contributed by atoms with E-state index in [0.717, 1.165) is 44.8 Å². The van der Waals surface area contributed by atoms with Gasteiger partial charge in [-0.05, 0) is 101 Å². The van der Waals surface area contributed by atoms with Crippen molar-refractivity contribution in [1.29, 1.82) is 0 Å². The fourth-order valence-electron chi connectivity index (χ4n) is 5.24. The van der Waals surface area contributed by atoms with E-state index in [1.165, 1.54) is 0 Å². The average Bonchev–Trinajstić information content (AvgIpc) is 2.76. The number of nitrogens with one attached hydrogen (secondary N) is 1. The highest BCUT2D eigenvalue weighted by molar-refractivity contribution is 6.39. The van der Waals surface area contributed by atoms with Crippen LogP contribution in [0.4, 0.5) is 16.2 Å². The Morgan fingerprint density at radius 1 is 1.03 bits per heavy atom. The Labute approximate surface area is 207 Å². The second-order valence-electron chi connectivity index (χ2n) is 10.1. The average molecular weight is 472 g/mol. The lowest BCUT2D eigenvalue weighted by atomic mass is 9.85. The van der Waals surface area contributed by atoms with E-state index in [1.54, 1.807) is 18.2 Å². The third kappa shape index (κ3) is 4.29. The summed E-state index contributed by atoms with van der Waals surface area (Å²) >= 11 is 0. The molecule has 0 bridgehead atoms. The number of fused-ring (bicyclic) bond motifs is 1. The van der Waals surface area contributed by atoms with Gasteiger partial charge in [-0.15, -0.1) is 0 Å². The summed E-state index contributed by atoms with van der Waals surface area (Å²) in [7, 11) is 0. The van der Waals surface area contributed by atoms with E-state index in [9.17, 15) is 14.4 Å². The van der Waals surface area contributed by atoms with E-state index in [4.69, 9.17) is 0 Å². The molecule has 2 heterocycles. The number of allylic oxidation sites excluding steroid dienone is 1. The fourth-order valence-corrected chi connectivity index (χ4v) is 5.24. The summed E-state index contributed by atoms with van der Waals surface area (Å²) in [5.41, 5.74) is 6.40. The molecule has 1 fully saturated rings. The van der Waals surface area contributed by atoms with Gasteiger partial charge in [-0.3, -0.25) is 14.9 Å². The van der Waals surface area contributed by atoms with Gasteiger partial charge in [-0.2, -0.15) is 0 Å². The van der Waals surface area contributed by atoms with Crippen molar-refractivity contribution in [3.05, 3.63) is 70.3 Å². The molecular weight excluding hydrogens is 438 g/mol. The highest BCUT2D eigenvalue weighted by atomic mass is 16.2. The Hall–Kier alpha value is -3.67. The highest BCUT2D eigenvalue weighted by Crippen LogP contribution is 2.42. The van der Waals surface area contributed by atoms with Crippen molar-refractivity contribution >= 4 is 40.9 Å². The number of benzene rings is 2. The Bertz CT molecular complexity index is 1280. The molecule has 0 radical (unpaired) electrons. The van der Waals surface area contributed by atoms with Crippen molar-refractivity contribution in [3.8, 4) is 0 Å². The third-order valence-electron chi connectivity index (χ3n) is 6.78. The first-order chi connectivity index (χ1) is 16.4. The number of hydrogen-bond acceptors (Lipinski definition) is 4. The number of aryl methyl sites for hydroxylation is 2. The van der Waals surface area contributed by atoms with Crippen LogP contribution in [0, 0.1) is 6.92 Å². The van der Waals surface area contributed by atoms with Gasteiger partial charge in [0.15, 0.2) is 0 Å². The molecule has 0 spiro atoms. The Kier molecular flexibility index (Phi) is 6.18. The SMILES string of the molecule is CCc1ccc(N2C(=O)NC(=O)/C(=C\c3cc4c(cc3C)N(C(C)C)C(C)(C)C=C4C)C2=O)cc1. The lowest BCUT2D eigenvalue weighted by molar-refractivity contribution is -0.122. The molecule has 0 saturated carbocycles. The molecule has 2 aliphatic rings. The number of imide groups is 2. The molecule has 0 atom stereocenters. The van der Waals surface area contributed by atoms with Gasteiger partial charge in [0.2, 0.25) is 0 Å². The van der Waals surface area contributed by atoms with Crippen LogP contribution >= 0.6 is 0 Å². The van der Waals surface area contributed by atoms with E-state index in [1.807, 2.05) is 32.0 Å². The lowest BCUT2D eigenvalue weighted by Gasteiger charge is -2.46. The maximum atomic E-state index is 13.4. The van der Waals surface area contributed by atoms with Crippen molar-refractivity contribution in [2.24, 2.45) is 0 Å². The molecule has 1 N–H and O–H groups in total. The number of nitrogens with zero attached hydrogens (tertiary/aromatic N) is 2. The molecule has 0 aliphatic carbocycles. The molecule has 0 aromatic heterocycles. The van der Waals surface area contributed by atoms with Gasteiger partial charge in [0.1, 0.15) is 5.57 Å². The number of hydrogen-bond donors (Lipinski definition) is 1. The van der Waals surface area contributed by atoms with Crippen molar-refractivity contribution in [1.82, 2.24) is 5.32 Å². The standard InChI is InChI=1S/C29H33N3O3/c1-8-20-9-11-22(12-10-20)31-27(34)24(26(33)30-28(31)35)15-21-14-23-19(5)16-29(6,7)32(17(2)3)25(23)13-18(21)4/h9-17H,8H2,1-7H3,(H,30,33,35)/b24-15+. The monoisotopic (exact) mass is 471 g/mol. The van der Waals surface area contributed by atoms with Crippen LogP contribution in [0.1, 0.15) is 63.8 Å². The smallest absolute Gasteiger partial charge is 0.335 e. The Morgan fingerprint density at radius 3 is 2.29 bits per heavy atom. The van der Waals surface area contributed by atoms with Crippen LogP contribution in [0.5, 0.6) is 0 Å². The quantitative estimate of drug-likeness (QED) is 0.463. The van der Waals surface area contributed by atoms with Gasteiger partial charge in [0.05, 0.1) is 11.2 Å². The fraction of sp³-hybridized carbons (Fsp3) is 0.345. The van der Waals surface area contributed by atoms with Gasteiger partial charge >= 0.3 is 6.03 Å². The van der Waals surface area contributed by atoms with Crippen molar-refractivity contribution < 1.29 is 14.4 Å². The number of urea groups is 1. The predicted octanol–water partition coefficient (Wildman–Crippen LogP) is 5.63. The van der Waals surface area contributed by atoms with Gasteiger partial charge < -0.3 is 4.90 Å². The largest absolute Gasteiger partial charge is 0.360 e. The minimum absolute atomic E-state index is 0.0642. The second-order valence-corrected chi connectivity index (χ2v) is 10.1. The first-order valence-corrected chi connectivity index (χ1v) is 12.1. The Morgan fingerprint density at radius 2 is 1.69 bits per heavy atom. The van der Waals surface area contributed by atoms with Gasteiger partial charge in [0, 0.05) is 17.3 Å². The molecule has 6 nitrogen and oxygen atoms in total. The Balaban J connectivity index is 1.78. The van der Waals surface area contributed by atoms with Crippen LogP contribution < -0.4 is 15.1 Å². The van der Waals surface area contributed by atoms with Crippen molar-refractivity contribution in [2.75, 3.05) is 9.80 Å². The van der Waals surface area contributed by atoms with Crippen LogP contribution in [0.25, 0.3) is 11.6 Å². The maximum Gasteiger partial charge on any atom is 0.335 e. The summed E-state index contributed by atoms with van der Waals surface area (Å²) in [5, 5.41) is 2.32. The van der Waals surface area contributed by atoms with Crippen molar-refractivity contribution in [3.63, 3.8) is 0 Å². The molecular formula is C29H33N3O3. The minimum Gasteiger partial charge on any atom is -0.360 e. The van der Waals surface area contributed by atoms with Crippen LogP contribution in [0.2, 0.25) is 0 Å². The molecule has 4 rings (SSSR count). The maximum absolute atomic E-state index is 13.4. The van der Waals surface area contributed by atoms with Gasteiger partial charge in [-0.1, -0.05) is 25.1 Å². The summed E-state index contributed by atoms with van der Waals surface area (Å²) in [5.74, 6) is -1.31. The van der Waals surface area contributed by atoms with Gasteiger partial charge in [0.25, 0.3) is 11.8 Å². The minimum atomic E-state index is -0.739. The predicted molar refractivity (Wildman–Crippen MR) is 141 cm³/mol. The lowest BCUT2D eigenvalue weighted by Crippen LogP contribution is -2.54. The third-order valence-corrected chi connectivity index (χ3v) is 6.78. The molecule has 4 amide bonds. The number of amides is 4.